The molecule has 0 bridgehead atoms. The van der Waals surface area contributed by atoms with Crippen molar-refractivity contribution in [1.29, 1.82) is 0 Å². The molecular formula is C15H22N2O2S. The summed E-state index contributed by atoms with van der Waals surface area (Å²) >= 11 is 0. The van der Waals surface area contributed by atoms with Gasteiger partial charge in [0, 0.05) is 24.5 Å². The van der Waals surface area contributed by atoms with E-state index in [-0.39, 0.29) is 12.1 Å². The van der Waals surface area contributed by atoms with Crippen LogP contribution in [0.5, 0.6) is 0 Å². The molecular weight excluding hydrogens is 272 g/mol. The standard InChI is InChI=1S/C15H22N2O2S/c1-17(15-9-7-14(16)8-10-15)20(18,19)12-11-13-5-3-2-4-6-13/h2-6,11-12,14-15H,7-10,16H2,1H3. The quantitative estimate of drug-likeness (QED) is 0.926. The first-order chi connectivity index (χ1) is 9.49. The Morgan fingerprint density at radius 2 is 1.75 bits per heavy atom. The highest BCUT2D eigenvalue weighted by Crippen LogP contribution is 2.23. The van der Waals surface area contributed by atoms with Crippen LogP contribution in [0.25, 0.3) is 6.08 Å². The zero-order chi connectivity index (χ0) is 14.6. The Morgan fingerprint density at radius 3 is 2.35 bits per heavy atom. The maximum Gasteiger partial charge on any atom is 0.236 e. The highest BCUT2D eigenvalue weighted by Gasteiger charge is 2.27. The molecule has 0 spiro atoms. The Bertz CT molecular complexity index is 546. The van der Waals surface area contributed by atoms with Crippen molar-refractivity contribution in [2.24, 2.45) is 5.73 Å². The van der Waals surface area contributed by atoms with Gasteiger partial charge in [0.05, 0.1) is 0 Å². The molecule has 1 saturated carbocycles. The Kier molecular flexibility index (Phi) is 4.96. The topological polar surface area (TPSA) is 63.4 Å². The van der Waals surface area contributed by atoms with E-state index in [4.69, 9.17) is 5.73 Å². The van der Waals surface area contributed by atoms with Crippen molar-refractivity contribution in [2.45, 2.75) is 37.8 Å². The van der Waals surface area contributed by atoms with Gasteiger partial charge >= 0.3 is 0 Å². The van der Waals surface area contributed by atoms with E-state index in [9.17, 15) is 8.42 Å². The van der Waals surface area contributed by atoms with E-state index in [1.165, 1.54) is 9.71 Å². The molecule has 0 aliphatic heterocycles. The molecule has 0 saturated heterocycles. The number of sulfonamides is 1. The monoisotopic (exact) mass is 294 g/mol. The minimum absolute atomic E-state index is 0.0697. The van der Waals surface area contributed by atoms with Crippen molar-refractivity contribution in [3.63, 3.8) is 0 Å². The predicted octanol–water partition coefficient (Wildman–Crippen LogP) is 2.19. The minimum atomic E-state index is -3.36. The van der Waals surface area contributed by atoms with Crippen molar-refractivity contribution in [1.82, 2.24) is 4.31 Å². The molecule has 4 nitrogen and oxygen atoms in total. The average Bonchev–Trinajstić information content (AvgIpc) is 2.46. The zero-order valence-electron chi connectivity index (χ0n) is 11.8. The molecule has 0 atom stereocenters. The fourth-order valence-electron chi connectivity index (χ4n) is 2.50. The first-order valence-electron chi connectivity index (χ1n) is 6.96. The van der Waals surface area contributed by atoms with Crippen molar-refractivity contribution in [3.8, 4) is 0 Å². The maximum absolute atomic E-state index is 12.3. The average molecular weight is 294 g/mol. The van der Waals surface area contributed by atoms with E-state index < -0.39 is 10.0 Å². The summed E-state index contributed by atoms with van der Waals surface area (Å²) < 4.78 is 26.1. The Labute approximate surface area is 121 Å². The van der Waals surface area contributed by atoms with Gasteiger partial charge in [0.15, 0.2) is 0 Å². The van der Waals surface area contributed by atoms with Gasteiger partial charge in [0.1, 0.15) is 0 Å². The summed E-state index contributed by atoms with van der Waals surface area (Å²) in [4.78, 5) is 0. The van der Waals surface area contributed by atoms with Crippen molar-refractivity contribution < 1.29 is 8.42 Å². The lowest BCUT2D eigenvalue weighted by Gasteiger charge is -2.31. The third-order valence-electron chi connectivity index (χ3n) is 3.89. The SMILES string of the molecule is CN(C1CCC(N)CC1)S(=O)(=O)C=Cc1ccccc1. The summed E-state index contributed by atoms with van der Waals surface area (Å²) in [6.07, 6.45) is 5.12. The number of rotatable bonds is 4. The smallest absolute Gasteiger partial charge is 0.236 e. The largest absolute Gasteiger partial charge is 0.328 e. The number of hydrogen-bond donors (Lipinski definition) is 1. The summed E-state index contributed by atoms with van der Waals surface area (Å²) in [7, 11) is -1.70. The van der Waals surface area contributed by atoms with E-state index in [1.807, 2.05) is 30.3 Å². The van der Waals surface area contributed by atoms with Gasteiger partial charge in [0.2, 0.25) is 10.0 Å². The lowest BCUT2D eigenvalue weighted by atomic mass is 9.92. The summed E-state index contributed by atoms with van der Waals surface area (Å²) in [5, 5.41) is 1.29. The van der Waals surface area contributed by atoms with Crippen LogP contribution in [0.1, 0.15) is 31.2 Å². The summed E-state index contributed by atoms with van der Waals surface area (Å²) in [5.41, 5.74) is 6.74. The third kappa shape index (κ3) is 3.91. The Morgan fingerprint density at radius 1 is 1.15 bits per heavy atom. The first-order valence-corrected chi connectivity index (χ1v) is 8.46. The molecule has 5 heteroatoms. The normalized spacial score (nSPS) is 24.4. The van der Waals surface area contributed by atoms with E-state index >= 15 is 0 Å². The van der Waals surface area contributed by atoms with Crippen LogP contribution in [-0.4, -0.2) is 31.9 Å². The lowest BCUT2D eigenvalue weighted by Crippen LogP contribution is -2.41. The molecule has 2 N–H and O–H groups in total. The van der Waals surface area contributed by atoms with Gasteiger partial charge < -0.3 is 5.73 Å². The second-order valence-electron chi connectivity index (χ2n) is 5.34. The van der Waals surface area contributed by atoms with Crippen LogP contribution < -0.4 is 5.73 Å². The molecule has 20 heavy (non-hydrogen) atoms. The second kappa shape index (κ2) is 6.52. The molecule has 0 radical (unpaired) electrons. The van der Waals surface area contributed by atoms with Crippen molar-refractivity contribution in [3.05, 3.63) is 41.3 Å². The number of nitrogens with zero attached hydrogens (tertiary/aromatic N) is 1. The Hall–Kier alpha value is -1.17. The molecule has 0 unspecified atom stereocenters. The minimum Gasteiger partial charge on any atom is -0.328 e. The third-order valence-corrected chi connectivity index (χ3v) is 5.47. The fraction of sp³-hybridized carbons (Fsp3) is 0.467. The van der Waals surface area contributed by atoms with Crippen molar-refractivity contribution in [2.75, 3.05) is 7.05 Å². The molecule has 1 aromatic rings. The Balaban J connectivity index is 2.04. The van der Waals surface area contributed by atoms with Gasteiger partial charge in [-0.1, -0.05) is 30.3 Å². The second-order valence-corrected chi connectivity index (χ2v) is 7.22. The number of hydrogen-bond acceptors (Lipinski definition) is 3. The predicted molar refractivity (Wildman–Crippen MR) is 82.4 cm³/mol. The first kappa shape index (κ1) is 15.2. The molecule has 1 aliphatic carbocycles. The summed E-state index contributed by atoms with van der Waals surface area (Å²) in [6.45, 7) is 0. The molecule has 1 aliphatic rings. The van der Waals surface area contributed by atoms with Gasteiger partial charge in [-0.05, 0) is 37.3 Å². The molecule has 0 amide bonds. The highest BCUT2D eigenvalue weighted by molar-refractivity contribution is 7.92. The van der Waals surface area contributed by atoms with E-state index in [1.54, 1.807) is 13.1 Å². The van der Waals surface area contributed by atoms with Crippen LogP contribution in [0.4, 0.5) is 0 Å². The molecule has 1 aromatic carbocycles. The van der Waals surface area contributed by atoms with Crippen LogP contribution in [-0.2, 0) is 10.0 Å². The van der Waals surface area contributed by atoms with Crippen LogP contribution >= 0.6 is 0 Å². The summed E-state index contributed by atoms with van der Waals surface area (Å²) in [5.74, 6) is 0. The van der Waals surface area contributed by atoms with Gasteiger partial charge in [0.25, 0.3) is 0 Å². The molecule has 1 fully saturated rings. The summed E-state index contributed by atoms with van der Waals surface area (Å²) in [6, 6.07) is 9.74. The zero-order valence-corrected chi connectivity index (χ0v) is 12.6. The fourth-order valence-corrected chi connectivity index (χ4v) is 3.65. The molecule has 0 heterocycles. The molecule has 110 valence electrons. The van der Waals surface area contributed by atoms with E-state index in [0.29, 0.717) is 0 Å². The van der Waals surface area contributed by atoms with Crippen LogP contribution in [0.15, 0.2) is 35.7 Å². The van der Waals surface area contributed by atoms with Crippen LogP contribution in [0.3, 0.4) is 0 Å². The molecule has 2 rings (SSSR count). The van der Waals surface area contributed by atoms with E-state index in [0.717, 1.165) is 31.2 Å². The van der Waals surface area contributed by atoms with Crippen molar-refractivity contribution >= 4 is 16.1 Å². The van der Waals surface area contributed by atoms with Gasteiger partial charge in [-0.2, -0.15) is 4.31 Å². The van der Waals surface area contributed by atoms with Crippen LogP contribution in [0, 0.1) is 0 Å². The number of nitrogens with two attached hydrogens (primary N) is 1. The number of benzene rings is 1. The lowest BCUT2D eigenvalue weighted by molar-refractivity contribution is 0.271. The van der Waals surface area contributed by atoms with Gasteiger partial charge in [-0.25, -0.2) is 8.42 Å². The van der Waals surface area contributed by atoms with Crippen LogP contribution in [0.2, 0.25) is 0 Å². The molecule has 0 aromatic heterocycles. The van der Waals surface area contributed by atoms with E-state index in [2.05, 4.69) is 0 Å². The maximum atomic E-state index is 12.3. The highest BCUT2D eigenvalue weighted by atomic mass is 32.2. The van der Waals surface area contributed by atoms with Gasteiger partial charge in [-0.3, -0.25) is 0 Å². The van der Waals surface area contributed by atoms with Gasteiger partial charge in [-0.15, -0.1) is 0 Å².